The van der Waals surface area contributed by atoms with Crippen LogP contribution in [-0.4, -0.2) is 33.1 Å². The zero-order valence-electron chi connectivity index (χ0n) is 11.2. The van der Waals surface area contributed by atoms with Gasteiger partial charge in [0.25, 0.3) is 5.91 Å². The monoisotopic (exact) mass is 303 g/mol. The van der Waals surface area contributed by atoms with Crippen LogP contribution in [0, 0.1) is 0 Å². The van der Waals surface area contributed by atoms with Gasteiger partial charge in [0.1, 0.15) is 11.5 Å². The third-order valence-corrected chi connectivity index (χ3v) is 2.79. The minimum absolute atomic E-state index is 0.00593. The molecule has 108 valence electrons. The number of thiocarbonyl (C=S) groups is 1. The van der Waals surface area contributed by atoms with Crippen LogP contribution >= 0.6 is 12.2 Å². The quantitative estimate of drug-likeness (QED) is 0.381. The number of hydrogen-bond donors (Lipinski definition) is 2. The van der Waals surface area contributed by atoms with Gasteiger partial charge in [-0.25, -0.2) is 10.9 Å². The second-order valence-corrected chi connectivity index (χ2v) is 4.27. The maximum Gasteiger partial charge on any atom is 0.292 e. The minimum Gasteiger partial charge on any atom is -0.481 e. The number of ether oxygens (including phenoxy) is 1. The summed E-state index contributed by atoms with van der Waals surface area (Å²) in [7, 11) is 1.50. The highest BCUT2D eigenvalue weighted by Gasteiger charge is 2.18. The lowest BCUT2D eigenvalue weighted by Gasteiger charge is -2.17. The van der Waals surface area contributed by atoms with Gasteiger partial charge in [-0.15, -0.1) is 0 Å². The van der Waals surface area contributed by atoms with Gasteiger partial charge < -0.3 is 10.1 Å². The molecule has 3 N–H and O–H groups in total. The molecule has 0 aliphatic carbocycles. The summed E-state index contributed by atoms with van der Waals surface area (Å²) < 4.78 is 5.00. The zero-order chi connectivity index (χ0) is 15.2. The van der Waals surface area contributed by atoms with Crippen molar-refractivity contribution in [2.45, 2.75) is 0 Å². The number of hydrogen-bond acceptors (Lipinski definition) is 6. The molecule has 1 amide bonds. The number of carbonyl (C=O) groups excluding carboxylic acids is 1. The van der Waals surface area contributed by atoms with Gasteiger partial charge in [0.05, 0.1) is 7.11 Å². The Morgan fingerprint density at radius 3 is 2.81 bits per heavy atom. The highest BCUT2D eigenvalue weighted by atomic mass is 32.1. The van der Waals surface area contributed by atoms with Crippen LogP contribution in [0.4, 0.5) is 5.82 Å². The van der Waals surface area contributed by atoms with Crippen LogP contribution in [0.1, 0.15) is 10.5 Å². The highest BCUT2D eigenvalue weighted by Crippen LogP contribution is 2.11. The smallest absolute Gasteiger partial charge is 0.292 e. The third kappa shape index (κ3) is 3.71. The first-order valence-corrected chi connectivity index (χ1v) is 6.35. The second-order valence-electron chi connectivity index (χ2n) is 3.89. The Morgan fingerprint density at radius 2 is 2.14 bits per heavy atom. The first-order valence-electron chi connectivity index (χ1n) is 5.94. The minimum atomic E-state index is -0.518. The van der Waals surface area contributed by atoms with E-state index in [1.165, 1.54) is 13.3 Å². The number of methoxy groups -OCH3 is 1. The Balaban J connectivity index is 2.07. The molecule has 21 heavy (non-hydrogen) atoms. The summed E-state index contributed by atoms with van der Waals surface area (Å²) >= 11 is 5.07. The Kier molecular flexibility index (Phi) is 4.75. The standard InChI is InChI=1S/C13H13N5O2S/c1-20-11-7-4-6-10(16-11)17-13(21)18(14)12(19)9-5-2-3-8-15-9/h2-8H,14H2,1H3,(H,16,17,21). The van der Waals surface area contributed by atoms with Crippen LogP contribution in [0.3, 0.4) is 0 Å². The molecule has 2 aromatic rings. The number of hydrazine groups is 1. The summed E-state index contributed by atoms with van der Waals surface area (Å²) in [6.07, 6.45) is 1.50. The number of anilines is 1. The number of carbonyl (C=O) groups is 1. The van der Waals surface area contributed by atoms with Gasteiger partial charge in [-0.2, -0.15) is 4.98 Å². The molecule has 0 radical (unpaired) electrons. The predicted molar refractivity (Wildman–Crippen MR) is 81.6 cm³/mol. The van der Waals surface area contributed by atoms with Crippen LogP contribution in [0.5, 0.6) is 5.88 Å². The van der Waals surface area contributed by atoms with E-state index >= 15 is 0 Å². The molecular weight excluding hydrogens is 290 g/mol. The summed E-state index contributed by atoms with van der Waals surface area (Å²) in [6.45, 7) is 0. The van der Waals surface area contributed by atoms with E-state index in [0.29, 0.717) is 11.7 Å². The lowest BCUT2D eigenvalue weighted by Crippen LogP contribution is -2.45. The van der Waals surface area contributed by atoms with Crippen molar-refractivity contribution >= 4 is 29.1 Å². The van der Waals surface area contributed by atoms with Crippen molar-refractivity contribution in [2.24, 2.45) is 5.84 Å². The van der Waals surface area contributed by atoms with Crippen molar-refractivity contribution in [2.75, 3.05) is 12.4 Å². The lowest BCUT2D eigenvalue weighted by molar-refractivity contribution is 0.0844. The zero-order valence-corrected chi connectivity index (χ0v) is 12.0. The second kappa shape index (κ2) is 6.73. The normalized spacial score (nSPS) is 9.81. The highest BCUT2D eigenvalue weighted by molar-refractivity contribution is 7.80. The molecule has 0 saturated heterocycles. The van der Waals surface area contributed by atoms with E-state index in [1.807, 2.05) is 0 Å². The number of nitrogens with zero attached hydrogens (tertiary/aromatic N) is 3. The van der Waals surface area contributed by atoms with Crippen molar-refractivity contribution in [1.29, 1.82) is 0 Å². The average Bonchev–Trinajstić information content (AvgIpc) is 2.54. The molecule has 0 unspecified atom stereocenters. The number of nitrogens with two attached hydrogens (primary N) is 1. The number of pyridine rings is 2. The van der Waals surface area contributed by atoms with Crippen molar-refractivity contribution in [3.05, 3.63) is 48.3 Å². The number of aromatic nitrogens is 2. The molecule has 0 aliphatic heterocycles. The molecule has 7 nitrogen and oxygen atoms in total. The Morgan fingerprint density at radius 1 is 1.33 bits per heavy atom. The van der Waals surface area contributed by atoms with Gasteiger partial charge in [-0.05, 0) is 30.4 Å². The van der Waals surface area contributed by atoms with Gasteiger partial charge in [0.2, 0.25) is 5.88 Å². The fourth-order valence-corrected chi connectivity index (χ4v) is 1.66. The van der Waals surface area contributed by atoms with Gasteiger partial charge in [-0.3, -0.25) is 9.78 Å². The fourth-order valence-electron chi connectivity index (χ4n) is 1.47. The van der Waals surface area contributed by atoms with Crippen LogP contribution in [0.25, 0.3) is 0 Å². The Labute approximate surface area is 126 Å². The van der Waals surface area contributed by atoms with Gasteiger partial charge in [0, 0.05) is 12.3 Å². The topological polar surface area (TPSA) is 93.4 Å². The van der Waals surface area contributed by atoms with E-state index in [-0.39, 0.29) is 10.8 Å². The van der Waals surface area contributed by atoms with Gasteiger partial charge in [0.15, 0.2) is 5.11 Å². The van der Waals surface area contributed by atoms with E-state index in [0.717, 1.165) is 5.01 Å². The maximum absolute atomic E-state index is 12.1. The molecule has 0 fully saturated rings. The van der Waals surface area contributed by atoms with E-state index < -0.39 is 5.91 Å². The molecule has 0 spiro atoms. The van der Waals surface area contributed by atoms with Crippen molar-refractivity contribution < 1.29 is 9.53 Å². The fraction of sp³-hybridized carbons (Fsp3) is 0.0769. The third-order valence-electron chi connectivity index (χ3n) is 2.49. The van der Waals surface area contributed by atoms with Crippen molar-refractivity contribution in [3.63, 3.8) is 0 Å². The number of rotatable bonds is 3. The van der Waals surface area contributed by atoms with Gasteiger partial charge in [-0.1, -0.05) is 12.1 Å². The first-order chi connectivity index (χ1) is 10.1. The van der Waals surface area contributed by atoms with Crippen molar-refractivity contribution in [3.8, 4) is 5.88 Å². The van der Waals surface area contributed by atoms with E-state index in [9.17, 15) is 4.79 Å². The summed E-state index contributed by atoms with van der Waals surface area (Å²) in [5.74, 6) is 6.01. The van der Waals surface area contributed by atoms with E-state index in [2.05, 4.69) is 15.3 Å². The molecular formula is C13H13N5O2S. The Hall–Kier alpha value is -2.58. The maximum atomic E-state index is 12.1. The van der Waals surface area contributed by atoms with E-state index in [1.54, 1.807) is 36.4 Å². The molecule has 0 aliphatic rings. The molecule has 2 aromatic heterocycles. The average molecular weight is 303 g/mol. The predicted octanol–water partition coefficient (Wildman–Crippen LogP) is 1.20. The molecule has 0 atom stereocenters. The molecule has 2 heterocycles. The van der Waals surface area contributed by atoms with Crippen LogP contribution in [0.2, 0.25) is 0 Å². The van der Waals surface area contributed by atoms with E-state index in [4.69, 9.17) is 22.8 Å². The largest absolute Gasteiger partial charge is 0.481 e. The summed E-state index contributed by atoms with van der Waals surface area (Å²) in [6, 6.07) is 10.0. The summed E-state index contributed by atoms with van der Waals surface area (Å²) in [5.41, 5.74) is 0.197. The molecule has 0 bridgehead atoms. The first kappa shape index (κ1) is 14.8. The number of nitrogens with one attached hydrogen (secondary N) is 1. The summed E-state index contributed by atoms with van der Waals surface area (Å²) in [5, 5.41) is 3.57. The van der Waals surface area contributed by atoms with Crippen LogP contribution in [-0.2, 0) is 0 Å². The molecule has 0 saturated carbocycles. The van der Waals surface area contributed by atoms with Crippen LogP contribution in [0.15, 0.2) is 42.6 Å². The molecule has 8 heteroatoms. The van der Waals surface area contributed by atoms with Crippen LogP contribution < -0.4 is 15.9 Å². The Bertz CT molecular complexity index is 650. The molecule has 0 aromatic carbocycles. The molecule has 2 rings (SSSR count). The van der Waals surface area contributed by atoms with Gasteiger partial charge >= 0.3 is 0 Å². The summed E-state index contributed by atoms with van der Waals surface area (Å²) in [4.78, 5) is 20.1. The lowest BCUT2D eigenvalue weighted by atomic mass is 10.3. The SMILES string of the molecule is COc1cccc(NC(=S)N(N)C(=O)c2ccccn2)n1. The van der Waals surface area contributed by atoms with Crippen molar-refractivity contribution in [1.82, 2.24) is 15.0 Å². The number of amides is 1.